The van der Waals surface area contributed by atoms with Gasteiger partial charge in [0.25, 0.3) is 0 Å². The van der Waals surface area contributed by atoms with Crippen LogP contribution in [0.5, 0.6) is 0 Å². The number of ether oxygens (including phenoxy) is 1. The SMILES string of the molecule is CC(=O)NCC[C@@H](NC(=O)OC(C)(C)C)c1nc(-c2cccc(F)c2)no1. The molecule has 0 fully saturated rings. The van der Waals surface area contributed by atoms with Crippen LogP contribution < -0.4 is 10.6 Å². The first kappa shape index (κ1) is 20.3. The van der Waals surface area contributed by atoms with E-state index in [0.717, 1.165) is 0 Å². The minimum Gasteiger partial charge on any atom is -0.444 e. The molecule has 0 saturated heterocycles. The molecule has 2 aromatic rings. The number of carbonyl (C=O) groups is 2. The molecule has 0 radical (unpaired) electrons. The number of benzene rings is 1. The third-order valence-corrected chi connectivity index (χ3v) is 3.32. The maximum atomic E-state index is 13.4. The number of amides is 2. The van der Waals surface area contributed by atoms with Gasteiger partial charge in [0, 0.05) is 19.0 Å². The first-order valence-corrected chi connectivity index (χ1v) is 8.47. The number of nitrogens with one attached hydrogen (secondary N) is 2. The molecule has 2 rings (SSSR count). The van der Waals surface area contributed by atoms with Crippen LogP contribution in [0.15, 0.2) is 28.8 Å². The van der Waals surface area contributed by atoms with E-state index in [0.29, 0.717) is 12.0 Å². The zero-order chi connectivity index (χ0) is 20.0. The van der Waals surface area contributed by atoms with Crippen molar-refractivity contribution in [1.29, 1.82) is 0 Å². The maximum absolute atomic E-state index is 13.4. The fourth-order valence-electron chi connectivity index (χ4n) is 2.22. The van der Waals surface area contributed by atoms with Crippen molar-refractivity contribution in [3.05, 3.63) is 36.0 Å². The molecule has 0 bridgehead atoms. The van der Waals surface area contributed by atoms with E-state index in [-0.39, 0.29) is 24.2 Å². The van der Waals surface area contributed by atoms with Gasteiger partial charge in [-0.1, -0.05) is 17.3 Å². The Morgan fingerprint density at radius 1 is 1.33 bits per heavy atom. The molecule has 8 nitrogen and oxygen atoms in total. The van der Waals surface area contributed by atoms with E-state index in [1.54, 1.807) is 26.8 Å². The Kier molecular flexibility index (Phi) is 6.49. The summed E-state index contributed by atoms with van der Waals surface area (Å²) in [6.07, 6.45) is -0.343. The van der Waals surface area contributed by atoms with Gasteiger partial charge in [-0.05, 0) is 39.3 Å². The van der Waals surface area contributed by atoms with Gasteiger partial charge in [0.1, 0.15) is 17.5 Å². The fraction of sp³-hybridized carbons (Fsp3) is 0.444. The van der Waals surface area contributed by atoms with Crippen molar-refractivity contribution >= 4 is 12.0 Å². The van der Waals surface area contributed by atoms with Crippen LogP contribution in [-0.4, -0.2) is 34.3 Å². The summed E-state index contributed by atoms with van der Waals surface area (Å²) in [7, 11) is 0. The van der Waals surface area contributed by atoms with E-state index in [1.807, 2.05) is 0 Å². The largest absolute Gasteiger partial charge is 0.444 e. The second-order valence-electron chi connectivity index (χ2n) is 6.94. The summed E-state index contributed by atoms with van der Waals surface area (Å²) in [5.41, 5.74) is -0.226. The van der Waals surface area contributed by atoms with Crippen LogP contribution in [0.25, 0.3) is 11.4 Å². The lowest BCUT2D eigenvalue weighted by atomic mass is 10.2. The second-order valence-corrected chi connectivity index (χ2v) is 6.94. The highest BCUT2D eigenvalue weighted by Gasteiger charge is 2.25. The molecule has 1 atom stereocenters. The van der Waals surface area contributed by atoms with Gasteiger partial charge in [0.15, 0.2) is 0 Å². The van der Waals surface area contributed by atoms with Crippen LogP contribution in [0.1, 0.15) is 46.0 Å². The van der Waals surface area contributed by atoms with Crippen LogP contribution in [0.4, 0.5) is 9.18 Å². The molecule has 0 spiro atoms. The van der Waals surface area contributed by atoms with Gasteiger partial charge in [-0.25, -0.2) is 9.18 Å². The molecule has 0 aliphatic carbocycles. The van der Waals surface area contributed by atoms with Gasteiger partial charge in [-0.15, -0.1) is 0 Å². The second kappa shape index (κ2) is 8.61. The molecule has 2 N–H and O–H groups in total. The number of alkyl carbamates (subject to hydrolysis) is 1. The molecule has 2 amide bonds. The Morgan fingerprint density at radius 3 is 2.70 bits per heavy atom. The van der Waals surface area contributed by atoms with Crippen LogP contribution in [0, 0.1) is 5.82 Å². The van der Waals surface area contributed by atoms with E-state index >= 15 is 0 Å². The molecular weight excluding hydrogens is 355 g/mol. The Hall–Kier alpha value is -2.97. The number of rotatable bonds is 6. The average molecular weight is 378 g/mol. The summed E-state index contributed by atoms with van der Waals surface area (Å²) < 4.78 is 23.9. The van der Waals surface area contributed by atoms with E-state index in [2.05, 4.69) is 20.8 Å². The first-order valence-electron chi connectivity index (χ1n) is 8.47. The summed E-state index contributed by atoms with van der Waals surface area (Å²) in [4.78, 5) is 27.4. The predicted octanol–water partition coefficient (Wildman–Crippen LogP) is 2.97. The Labute approximate surface area is 156 Å². The number of nitrogens with zero attached hydrogens (tertiary/aromatic N) is 2. The summed E-state index contributed by atoms with van der Waals surface area (Å²) in [6, 6.07) is 5.09. The minimum atomic E-state index is -0.679. The van der Waals surface area contributed by atoms with E-state index in [9.17, 15) is 14.0 Å². The van der Waals surface area contributed by atoms with Crippen molar-refractivity contribution in [1.82, 2.24) is 20.8 Å². The van der Waals surface area contributed by atoms with Crippen molar-refractivity contribution in [2.24, 2.45) is 0 Å². The Bertz CT molecular complexity index is 801. The summed E-state index contributed by atoms with van der Waals surface area (Å²) >= 11 is 0. The van der Waals surface area contributed by atoms with Crippen LogP contribution >= 0.6 is 0 Å². The quantitative estimate of drug-likeness (QED) is 0.800. The lowest BCUT2D eigenvalue weighted by Crippen LogP contribution is -2.36. The monoisotopic (exact) mass is 378 g/mol. The van der Waals surface area contributed by atoms with E-state index in [1.165, 1.54) is 25.1 Å². The molecular formula is C18H23FN4O4. The zero-order valence-corrected chi connectivity index (χ0v) is 15.7. The van der Waals surface area contributed by atoms with Crippen molar-refractivity contribution in [2.45, 2.75) is 45.8 Å². The van der Waals surface area contributed by atoms with Gasteiger partial charge in [-0.2, -0.15) is 4.98 Å². The molecule has 1 aromatic heterocycles. The summed E-state index contributed by atoms with van der Waals surface area (Å²) in [5.74, 6) is -0.296. The number of halogens is 1. The van der Waals surface area contributed by atoms with Gasteiger partial charge >= 0.3 is 6.09 Å². The van der Waals surface area contributed by atoms with Gasteiger partial charge in [0.2, 0.25) is 17.6 Å². The van der Waals surface area contributed by atoms with Crippen LogP contribution in [-0.2, 0) is 9.53 Å². The average Bonchev–Trinajstić information content (AvgIpc) is 3.01. The van der Waals surface area contributed by atoms with Crippen molar-refractivity contribution in [2.75, 3.05) is 6.54 Å². The lowest BCUT2D eigenvalue weighted by Gasteiger charge is -2.22. The smallest absolute Gasteiger partial charge is 0.408 e. The molecule has 1 heterocycles. The standard InChI is InChI=1S/C18H23FN4O4/c1-11(24)20-9-8-14(21-17(25)26-18(2,3)4)16-22-15(23-27-16)12-6-5-7-13(19)10-12/h5-7,10,14H,8-9H2,1-4H3,(H,20,24)(H,21,25)/t14-/m1/s1. The van der Waals surface area contributed by atoms with E-state index < -0.39 is 23.6 Å². The Balaban J connectivity index is 2.16. The topological polar surface area (TPSA) is 106 Å². The van der Waals surface area contributed by atoms with Gasteiger partial charge in [-0.3, -0.25) is 4.79 Å². The zero-order valence-electron chi connectivity index (χ0n) is 15.7. The number of hydrogen-bond acceptors (Lipinski definition) is 6. The van der Waals surface area contributed by atoms with E-state index in [4.69, 9.17) is 9.26 Å². The molecule has 0 saturated carbocycles. The first-order chi connectivity index (χ1) is 12.6. The summed E-state index contributed by atoms with van der Waals surface area (Å²) in [5, 5.41) is 9.14. The van der Waals surface area contributed by atoms with Crippen LogP contribution in [0.2, 0.25) is 0 Å². The Morgan fingerprint density at radius 2 is 2.07 bits per heavy atom. The van der Waals surface area contributed by atoms with Crippen molar-refractivity contribution in [3.63, 3.8) is 0 Å². The molecule has 146 valence electrons. The molecule has 9 heteroatoms. The normalized spacial score (nSPS) is 12.3. The third-order valence-electron chi connectivity index (χ3n) is 3.32. The number of carbonyl (C=O) groups excluding carboxylic acids is 2. The molecule has 0 unspecified atom stereocenters. The molecule has 1 aromatic carbocycles. The predicted molar refractivity (Wildman–Crippen MR) is 95.1 cm³/mol. The maximum Gasteiger partial charge on any atom is 0.408 e. The fourth-order valence-corrected chi connectivity index (χ4v) is 2.22. The van der Waals surface area contributed by atoms with Crippen molar-refractivity contribution in [3.8, 4) is 11.4 Å². The third kappa shape index (κ3) is 6.69. The highest BCUT2D eigenvalue weighted by atomic mass is 19.1. The minimum absolute atomic E-state index is 0.130. The van der Waals surface area contributed by atoms with Gasteiger partial charge in [0.05, 0.1) is 0 Å². The molecule has 27 heavy (non-hydrogen) atoms. The summed E-state index contributed by atoms with van der Waals surface area (Å²) in [6.45, 7) is 6.91. The van der Waals surface area contributed by atoms with Crippen molar-refractivity contribution < 1.29 is 23.2 Å². The van der Waals surface area contributed by atoms with Crippen LogP contribution in [0.3, 0.4) is 0 Å². The molecule has 0 aliphatic rings. The lowest BCUT2D eigenvalue weighted by molar-refractivity contribution is -0.118. The highest BCUT2D eigenvalue weighted by Crippen LogP contribution is 2.21. The highest BCUT2D eigenvalue weighted by molar-refractivity contribution is 5.72. The number of aromatic nitrogens is 2. The van der Waals surface area contributed by atoms with Gasteiger partial charge < -0.3 is 19.9 Å². The number of hydrogen-bond donors (Lipinski definition) is 2. The molecule has 0 aliphatic heterocycles.